The summed E-state index contributed by atoms with van der Waals surface area (Å²) in [6.07, 6.45) is 3.91. The van der Waals surface area contributed by atoms with E-state index in [0.717, 1.165) is 11.3 Å². The third-order valence-electron chi connectivity index (χ3n) is 4.00. The molecule has 128 valence electrons. The van der Waals surface area contributed by atoms with Crippen LogP contribution in [0, 0.1) is 6.92 Å². The van der Waals surface area contributed by atoms with Gasteiger partial charge in [-0.3, -0.25) is 4.79 Å². The van der Waals surface area contributed by atoms with E-state index >= 15 is 0 Å². The van der Waals surface area contributed by atoms with E-state index in [2.05, 4.69) is 5.32 Å². The van der Waals surface area contributed by atoms with E-state index in [-0.39, 0.29) is 5.91 Å². The molecule has 3 aromatic rings. The second kappa shape index (κ2) is 7.13. The van der Waals surface area contributed by atoms with Crippen molar-refractivity contribution in [2.75, 3.05) is 19.5 Å². The van der Waals surface area contributed by atoms with Crippen molar-refractivity contribution in [2.45, 2.75) is 6.92 Å². The molecule has 25 heavy (non-hydrogen) atoms. The lowest BCUT2D eigenvalue weighted by molar-refractivity contribution is 0.102. The average molecular weight is 336 g/mol. The van der Waals surface area contributed by atoms with Crippen molar-refractivity contribution in [3.63, 3.8) is 0 Å². The zero-order chi connectivity index (χ0) is 17.8. The Bertz CT molecular complexity index is 886. The molecule has 0 aliphatic carbocycles. The Morgan fingerprint density at radius 2 is 1.68 bits per heavy atom. The fraction of sp³-hybridized carbons (Fsp3) is 0.150. The van der Waals surface area contributed by atoms with Crippen LogP contribution in [0.15, 0.2) is 60.9 Å². The maximum Gasteiger partial charge on any atom is 0.255 e. The molecule has 0 aliphatic heterocycles. The lowest BCUT2D eigenvalue weighted by Gasteiger charge is -2.12. The number of methoxy groups -OCH3 is 2. The Kier molecular flexibility index (Phi) is 4.75. The van der Waals surface area contributed by atoms with Crippen LogP contribution in [0.5, 0.6) is 11.5 Å². The van der Waals surface area contributed by atoms with Crippen LogP contribution in [0.4, 0.5) is 5.69 Å². The molecule has 1 aromatic heterocycles. The zero-order valence-electron chi connectivity index (χ0n) is 14.4. The number of benzene rings is 2. The smallest absolute Gasteiger partial charge is 0.255 e. The maximum absolute atomic E-state index is 12.6. The van der Waals surface area contributed by atoms with Gasteiger partial charge in [0, 0.05) is 35.4 Å². The molecule has 0 radical (unpaired) electrons. The largest absolute Gasteiger partial charge is 0.493 e. The van der Waals surface area contributed by atoms with E-state index < -0.39 is 0 Å². The molecule has 2 aromatic carbocycles. The number of nitrogens with one attached hydrogen (secondary N) is 1. The summed E-state index contributed by atoms with van der Waals surface area (Å²) >= 11 is 0. The summed E-state index contributed by atoms with van der Waals surface area (Å²) in [6, 6.07) is 14.8. The number of amides is 1. The van der Waals surface area contributed by atoms with E-state index in [9.17, 15) is 4.79 Å². The fourth-order valence-electron chi connectivity index (χ4n) is 2.64. The number of anilines is 1. The summed E-state index contributed by atoms with van der Waals surface area (Å²) in [5, 5.41) is 2.89. The van der Waals surface area contributed by atoms with E-state index in [1.807, 2.05) is 54.2 Å². The van der Waals surface area contributed by atoms with Gasteiger partial charge in [0.2, 0.25) is 0 Å². The molecule has 0 bridgehead atoms. The molecule has 0 fully saturated rings. The van der Waals surface area contributed by atoms with Gasteiger partial charge in [0.1, 0.15) is 0 Å². The predicted molar refractivity (Wildman–Crippen MR) is 98.0 cm³/mol. The Labute approximate surface area is 146 Å². The summed E-state index contributed by atoms with van der Waals surface area (Å²) in [4.78, 5) is 12.6. The quantitative estimate of drug-likeness (QED) is 0.764. The van der Waals surface area contributed by atoms with Crippen molar-refractivity contribution >= 4 is 11.6 Å². The molecule has 0 spiro atoms. The number of carbonyl (C=O) groups is 1. The Morgan fingerprint density at radius 3 is 2.36 bits per heavy atom. The van der Waals surface area contributed by atoms with Gasteiger partial charge in [0.15, 0.2) is 11.5 Å². The number of aromatic nitrogens is 1. The summed E-state index contributed by atoms with van der Waals surface area (Å²) in [7, 11) is 3.14. The molecule has 3 rings (SSSR count). The van der Waals surface area contributed by atoms with Crippen molar-refractivity contribution in [3.8, 4) is 17.2 Å². The van der Waals surface area contributed by atoms with Crippen LogP contribution in [0.1, 0.15) is 15.9 Å². The normalized spacial score (nSPS) is 10.4. The van der Waals surface area contributed by atoms with Crippen molar-refractivity contribution < 1.29 is 14.3 Å². The lowest BCUT2D eigenvalue weighted by atomic mass is 10.1. The highest BCUT2D eigenvalue weighted by Gasteiger charge is 2.11. The first-order chi connectivity index (χ1) is 12.1. The molecule has 0 unspecified atom stereocenters. The molecule has 0 saturated heterocycles. The minimum Gasteiger partial charge on any atom is -0.493 e. The molecule has 1 heterocycles. The zero-order valence-corrected chi connectivity index (χ0v) is 14.4. The van der Waals surface area contributed by atoms with E-state index in [4.69, 9.17) is 9.47 Å². The number of carbonyl (C=O) groups excluding carboxylic acids is 1. The first-order valence-electron chi connectivity index (χ1n) is 7.89. The summed E-state index contributed by atoms with van der Waals surface area (Å²) < 4.78 is 12.5. The van der Waals surface area contributed by atoms with Crippen LogP contribution in [-0.2, 0) is 0 Å². The van der Waals surface area contributed by atoms with Crippen LogP contribution in [-0.4, -0.2) is 24.7 Å². The lowest BCUT2D eigenvalue weighted by Crippen LogP contribution is -2.12. The van der Waals surface area contributed by atoms with E-state index in [1.54, 1.807) is 32.4 Å². The fourth-order valence-corrected chi connectivity index (χ4v) is 2.64. The minimum atomic E-state index is -0.180. The van der Waals surface area contributed by atoms with Gasteiger partial charge in [-0.15, -0.1) is 0 Å². The summed E-state index contributed by atoms with van der Waals surface area (Å²) in [5.41, 5.74) is 3.30. The van der Waals surface area contributed by atoms with Gasteiger partial charge in [-0.2, -0.15) is 0 Å². The molecule has 1 amide bonds. The molecule has 0 aliphatic rings. The van der Waals surface area contributed by atoms with Gasteiger partial charge in [0.25, 0.3) is 5.91 Å². The number of hydrogen-bond acceptors (Lipinski definition) is 3. The van der Waals surface area contributed by atoms with Crippen LogP contribution in [0.2, 0.25) is 0 Å². The highest BCUT2D eigenvalue weighted by atomic mass is 16.5. The third kappa shape index (κ3) is 3.50. The molecule has 5 nitrogen and oxygen atoms in total. The Morgan fingerprint density at radius 1 is 0.960 bits per heavy atom. The second-order valence-electron chi connectivity index (χ2n) is 5.62. The highest BCUT2D eigenvalue weighted by molar-refractivity contribution is 6.04. The number of ether oxygens (including phenoxy) is 2. The number of rotatable bonds is 5. The third-order valence-corrected chi connectivity index (χ3v) is 4.00. The molecule has 5 heteroatoms. The molecule has 0 saturated carbocycles. The van der Waals surface area contributed by atoms with Crippen LogP contribution >= 0.6 is 0 Å². The average Bonchev–Trinajstić information content (AvgIpc) is 3.16. The highest BCUT2D eigenvalue weighted by Crippen LogP contribution is 2.30. The second-order valence-corrected chi connectivity index (χ2v) is 5.62. The van der Waals surface area contributed by atoms with Crippen molar-refractivity contribution in [1.29, 1.82) is 0 Å². The van der Waals surface area contributed by atoms with E-state index in [0.29, 0.717) is 22.7 Å². The van der Waals surface area contributed by atoms with Gasteiger partial charge in [-0.25, -0.2) is 0 Å². The first kappa shape index (κ1) is 16.6. The molecule has 0 atom stereocenters. The minimum absolute atomic E-state index is 0.180. The predicted octanol–water partition coefficient (Wildman–Crippen LogP) is 4.06. The summed E-state index contributed by atoms with van der Waals surface area (Å²) in [5.74, 6) is 1.00. The SMILES string of the molecule is COc1ccc(NC(=O)c2ccc(C)c(-n3cccc3)c2)cc1OC. The topological polar surface area (TPSA) is 52.5 Å². The summed E-state index contributed by atoms with van der Waals surface area (Å²) in [6.45, 7) is 2.02. The van der Waals surface area contributed by atoms with Gasteiger partial charge in [-0.1, -0.05) is 6.07 Å². The maximum atomic E-state index is 12.6. The van der Waals surface area contributed by atoms with Crippen LogP contribution in [0.3, 0.4) is 0 Å². The first-order valence-corrected chi connectivity index (χ1v) is 7.89. The van der Waals surface area contributed by atoms with Gasteiger partial charge < -0.3 is 19.4 Å². The van der Waals surface area contributed by atoms with Gasteiger partial charge in [-0.05, 0) is 48.9 Å². The Balaban J connectivity index is 1.86. The Hall–Kier alpha value is -3.21. The van der Waals surface area contributed by atoms with Gasteiger partial charge >= 0.3 is 0 Å². The van der Waals surface area contributed by atoms with Crippen LogP contribution in [0.25, 0.3) is 5.69 Å². The standard InChI is InChI=1S/C20H20N2O3/c1-14-6-7-15(12-17(14)22-10-4-5-11-22)20(23)21-16-8-9-18(24-2)19(13-16)25-3/h4-13H,1-3H3,(H,21,23). The van der Waals surface area contributed by atoms with E-state index in [1.165, 1.54) is 0 Å². The van der Waals surface area contributed by atoms with Gasteiger partial charge in [0.05, 0.1) is 14.2 Å². The molecular weight excluding hydrogens is 316 g/mol. The number of nitrogens with zero attached hydrogens (tertiary/aromatic N) is 1. The molecular formula is C20H20N2O3. The van der Waals surface area contributed by atoms with Crippen molar-refractivity contribution in [2.24, 2.45) is 0 Å². The molecule has 1 N–H and O–H groups in total. The van der Waals surface area contributed by atoms with Crippen molar-refractivity contribution in [3.05, 3.63) is 72.1 Å². The number of hydrogen-bond donors (Lipinski definition) is 1. The monoisotopic (exact) mass is 336 g/mol. The number of aryl methyl sites for hydroxylation is 1. The van der Waals surface area contributed by atoms with Crippen molar-refractivity contribution in [1.82, 2.24) is 4.57 Å². The van der Waals surface area contributed by atoms with Crippen LogP contribution < -0.4 is 14.8 Å².